The van der Waals surface area contributed by atoms with Crippen LogP contribution in [0.25, 0.3) is 0 Å². The van der Waals surface area contributed by atoms with Crippen LogP contribution >= 0.6 is 0 Å². The van der Waals surface area contributed by atoms with Crippen molar-refractivity contribution in [2.24, 2.45) is 0 Å². The number of amides is 1. The first-order valence-corrected chi connectivity index (χ1v) is 11.9. The monoisotopic (exact) mass is 430 g/mol. The Hall–Kier alpha value is -2.22. The number of piperidine rings is 1. The lowest BCUT2D eigenvalue weighted by molar-refractivity contribution is -0.128. The summed E-state index contributed by atoms with van der Waals surface area (Å²) in [6.45, 7) is 3.29. The van der Waals surface area contributed by atoms with E-state index < -0.39 is 15.4 Å². The number of benzene rings is 2. The van der Waals surface area contributed by atoms with Crippen molar-refractivity contribution >= 4 is 15.9 Å². The number of nitrogens with one attached hydrogen (secondary N) is 1. The maximum absolute atomic E-state index is 13.4. The first-order chi connectivity index (χ1) is 14.4. The van der Waals surface area contributed by atoms with Crippen molar-refractivity contribution in [3.05, 3.63) is 71.3 Å². The molecule has 1 amide bonds. The summed E-state index contributed by atoms with van der Waals surface area (Å²) in [4.78, 5) is 13.4. The Labute approximate surface area is 179 Å². The van der Waals surface area contributed by atoms with Gasteiger partial charge in [-0.3, -0.25) is 4.79 Å². The lowest BCUT2D eigenvalue weighted by Crippen LogP contribution is -2.52. The number of ether oxygens (including phenoxy) is 1. The van der Waals surface area contributed by atoms with Crippen LogP contribution in [0.1, 0.15) is 36.5 Å². The Bertz CT molecular complexity index is 952. The molecule has 3 rings (SSSR count). The van der Waals surface area contributed by atoms with E-state index in [0.717, 1.165) is 16.7 Å². The van der Waals surface area contributed by atoms with Crippen LogP contribution in [0.15, 0.2) is 54.6 Å². The van der Waals surface area contributed by atoms with Gasteiger partial charge in [0.1, 0.15) is 0 Å². The van der Waals surface area contributed by atoms with Gasteiger partial charge < -0.3 is 10.1 Å². The van der Waals surface area contributed by atoms with Crippen LogP contribution in [-0.4, -0.2) is 44.6 Å². The third-order valence-corrected chi connectivity index (χ3v) is 7.73. The molecule has 1 aliphatic rings. The highest BCUT2D eigenvalue weighted by Gasteiger charge is 2.44. The lowest BCUT2D eigenvalue weighted by Gasteiger charge is -2.40. The number of rotatable bonds is 8. The third kappa shape index (κ3) is 4.91. The predicted molar refractivity (Wildman–Crippen MR) is 117 cm³/mol. The van der Waals surface area contributed by atoms with Crippen molar-refractivity contribution < 1.29 is 17.9 Å². The summed E-state index contributed by atoms with van der Waals surface area (Å²) in [7, 11) is -1.60. The van der Waals surface area contributed by atoms with Gasteiger partial charge in [-0.15, -0.1) is 0 Å². The van der Waals surface area contributed by atoms with E-state index in [0.29, 0.717) is 39.1 Å². The molecule has 0 bridgehead atoms. The molecule has 1 N–H and O–H groups in total. The first-order valence-electron chi connectivity index (χ1n) is 10.3. The molecule has 0 aromatic heterocycles. The fourth-order valence-corrected chi connectivity index (χ4v) is 5.18. The van der Waals surface area contributed by atoms with E-state index in [1.807, 2.05) is 54.6 Å². The minimum atomic E-state index is -3.26. The maximum Gasteiger partial charge on any atom is 0.231 e. The molecular weight excluding hydrogens is 400 g/mol. The SMILES string of the molecule is CCS(=O)(=O)N1CCC(C(=O)NCc2cccc(COC)c2)(c2ccccc2)CC1. The third-order valence-electron chi connectivity index (χ3n) is 5.85. The van der Waals surface area contributed by atoms with Crippen molar-refractivity contribution in [2.45, 2.75) is 38.3 Å². The van der Waals surface area contributed by atoms with Gasteiger partial charge in [0.2, 0.25) is 15.9 Å². The summed E-state index contributed by atoms with van der Waals surface area (Å²) in [5, 5.41) is 3.10. The maximum atomic E-state index is 13.4. The molecule has 1 heterocycles. The summed E-state index contributed by atoms with van der Waals surface area (Å²) >= 11 is 0. The van der Waals surface area contributed by atoms with E-state index in [9.17, 15) is 13.2 Å². The average molecular weight is 431 g/mol. The minimum absolute atomic E-state index is 0.0561. The second-order valence-electron chi connectivity index (χ2n) is 7.68. The molecule has 1 aliphatic heterocycles. The standard InChI is InChI=1S/C23H30N2O4S/c1-3-30(27,28)25-14-12-23(13-15-25,21-10-5-4-6-11-21)22(26)24-17-19-8-7-9-20(16-19)18-29-2/h4-11,16H,3,12-15,17-18H2,1-2H3,(H,24,26). The molecule has 2 aromatic rings. The van der Waals surface area contributed by atoms with Crippen LogP contribution in [-0.2, 0) is 38.1 Å². The summed E-state index contributed by atoms with van der Waals surface area (Å²) in [5.41, 5.74) is 2.27. The summed E-state index contributed by atoms with van der Waals surface area (Å²) < 4.78 is 31.3. The van der Waals surface area contributed by atoms with Gasteiger partial charge in [-0.05, 0) is 36.5 Å². The molecular formula is C23H30N2O4S. The first kappa shape index (κ1) is 22.5. The van der Waals surface area contributed by atoms with Crippen LogP contribution in [0.2, 0.25) is 0 Å². The van der Waals surface area contributed by atoms with Gasteiger partial charge in [0, 0.05) is 26.7 Å². The van der Waals surface area contributed by atoms with Crippen LogP contribution in [0.3, 0.4) is 0 Å². The van der Waals surface area contributed by atoms with Gasteiger partial charge in [-0.2, -0.15) is 0 Å². The highest BCUT2D eigenvalue weighted by molar-refractivity contribution is 7.89. The number of methoxy groups -OCH3 is 1. The van der Waals surface area contributed by atoms with Crippen molar-refractivity contribution in [2.75, 3.05) is 26.0 Å². The normalized spacial score (nSPS) is 16.9. The molecule has 1 saturated heterocycles. The molecule has 0 unspecified atom stereocenters. The van der Waals surface area contributed by atoms with Crippen LogP contribution in [0.5, 0.6) is 0 Å². The quantitative estimate of drug-likeness (QED) is 0.699. The number of hydrogen-bond acceptors (Lipinski definition) is 4. The van der Waals surface area contributed by atoms with Crippen molar-refractivity contribution in [3.8, 4) is 0 Å². The molecule has 0 atom stereocenters. The molecule has 0 spiro atoms. The van der Waals surface area contributed by atoms with Crippen LogP contribution in [0.4, 0.5) is 0 Å². The molecule has 7 heteroatoms. The number of sulfonamides is 1. The van der Waals surface area contributed by atoms with Gasteiger partial charge in [0.15, 0.2) is 0 Å². The summed E-state index contributed by atoms with van der Waals surface area (Å²) in [6, 6.07) is 17.6. The Morgan fingerprint density at radius 1 is 1.07 bits per heavy atom. The zero-order valence-corrected chi connectivity index (χ0v) is 18.5. The van der Waals surface area contributed by atoms with Crippen LogP contribution < -0.4 is 5.32 Å². The Morgan fingerprint density at radius 3 is 2.37 bits per heavy atom. The predicted octanol–water partition coefficient (Wildman–Crippen LogP) is 2.83. The fraction of sp³-hybridized carbons (Fsp3) is 0.435. The Kier molecular flexibility index (Phi) is 7.28. The van der Waals surface area contributed by atoms with Crippen molar-refractivity contribution in [3.63, 3.8) is 0 Å². The van der Waals surface area contributed by atoms with Crippen molar-refractivity contribution in [1.82, 2.24) is 9.62 Å². The Morgan fingerprint density at radius 2 is 1.73 bits per heavy atom. The van der Waals surface area contributed by atoms with E-state index in [2.05, 4.69) is 5.32 Å². The van der Waals surface area contributed by atoms with Gasteiger partial charge >= 0.3 is 0 Å². The molecule has 2 aromatic carbocycles. The van der Waals surface area contributed by atoms with E-state index in [4.69, 9.17) is 4.74 Å². The van der Waals surface area contributed by atoms with Gasteiger partial charge in [0.25, 0.3) is 0 Å². The van der Waals surface area contributed by atoms with E-state index in [1.54, 1.807) is 14.0 Å². The zero-order chi connectivity index (χ0) is 21.6. The van der Waals surface area contributed by atoms with Gasteiger partial charge in [-0.1, -0.05) is 54.6 Å². The smallest absolute Gasteiger partial charge is 0.231 e. The second kappa shape index (κ2) is 9.73. The molecule has 0 saturated carbocycles. The summed E-state index contributed by atoms with van der Waals surface area (Å²) in [6.07, 6.45) is 0.928. The van der Waals surface area contributed by atoms with Crippen molar-refractivity contribution in [1.29, 1.82) is 0 Å². The molecule has 0 radical (unpaired) electrons. The van der Waals surface area contributed by atoms with E-state index in [-0.39, 0.29) is 11.7 Å². The highest BCUT2D eigenvalue weighted by Crippen LogP contribution is 2.36. The topological polar surface area (TPSA) is 75.7 Å². The number of carbonyl (C=O) groups excluding carboxylic acids is 1. The summed E-state index contributed by atoms with van der Waals surface area (Å²) in [5.74, 6) is 0.0226. The minimum Gasteiger partial charge on any atom is -0.380 e. The zero-order valence-electron chi connectivity index (χ0n) is 17.6. The van der Waals surface area contributed by atoms with Crippen LogP contribution in [0, 0.1) is 0 Å². The van der Waals surface area contributed by atoms with Gasteiger partial charge in [0.05, 0.1) is 17.8 Å². The molecule has 6 nitrogen and oxygen atoms in total. The molecule has 162 valence electrons. The highest BCUT2D eigenvalue weighted by atomic mass is 32.2. The fourth-order valence-electron chi connectivity index (χ4n) is 4.08. The second-order valence-corrected chi connectivity index (χ2v) is 9.94. The number of carbonyl (C=O) groups is 1. The van der Waals surface area contributed by atoms with E-state index in [1.165, 1.54) is 4.31 Å². The van der Waals surface area contributed by atoms with Gasteiger partial charge in [-0.25, -0.2) is 12.7 Å². The molecule has 0 aliphatic carbocycles. The van der Waals surface area contributed by atoms with E-state index >= 15 is 0 Å². The molecule has 30 heavy (non-hydrogen) atoms. The molecule has 1 fully saturated rings. The number of nitrogens with zero attached hydrogens (tertiary/aromatic N) is 1. The number of hydrogen-bond donors (Lipinski definition) is 1. The largest absolute Gasteiger partial charge is 0.380 e. The lowest BCUT2D eigenvalue weighted by atomic mass is 9.72. The average Bonchev–Trinajstić information content (AvgIpc) is 2.78. The Balaban J connectivity index is 1.78.